The third-order valence-corrected chi connectivity index (χ3v) is 4.52. The molecular weight excluding hydrogens is 308 g/mol. The first-order valence-electron chi connectivity index (χ1n) is 7.31. The van der Waals surface area contributed by atoms with Crippen LogP contribution in [0.15, 0.2) is 36.4 Å². The van der Waals surface area contributed by atoms with E-state index in [1.807, 2.05) is 62.3 Å². The minimum absolute atomic E-state index is 0.0947. The van der Waals surface area contributed by atoms with E-state index in [9.17, 15) is 4.79 Å². The maximum absolute atomic E-state index is 12.3. The highest BCUT2D eigenvalue weighted by Crippen LogP contribution is 2.25. The summed E-state index contributed by atoms with van der Waals surface area (Å²) in [5, 5.41) is 3.98. The molecule has 0 aliphatic carbocycles. The molecule has 2 aromatic heterocycles. The van der Waals surface area contributed by atoms with E-state index < -0.39 is 0 Å². The summed E-state index contributed by atoms with van der Waals surface area (Å²) in [5.74, 6) is 1.36. The number of rotatable bonds is 4. The van der Waals surface area contributed by atoms with E-state index in [0.717, 1.165) is 21.6 Å². The normalized spacial score (nSPS) is 10.7. The van der Waals surface area contributed by atoms with Gasteiger partial charge in [0.1, 0.15) is 11.6 Å². The van der Waals surface area contributed by atoms with Gasteiger partial charge in [0.15, 0.2) is 0 Å². The molecule has 1 amide bonds. The molecule has 0 atom stereocenters. The summed E-state index contributed by atoms with van der Waals surface area (Å²) in [5.41, 5.74) is 0.884. The highest BCUT2D eigenvalue weighted by molar-refractivity contribution is 7.20. The summed E-state index contributed by atoms with van der Waals surface area (Å²) in [4.78, 5) is 23.8. The van der Waals surface area contributed by atoms with Gasteiger partial charge in [-0.1, -0.05) is 18.2 Å². The molecule has 6 heteroatoms. The zero-order chi connectivity index (χ0) is 16.4. The molecule has 0 aliphatic heterocycles. The van der Waals surface area contributed by atoms with E-state index in [1.165, 1.54) is 11.3 Å². The Morgan fingerprint density at radius 1 is 1.22 bits per heavy atom. The summed E-state index contributed by atoms with van der Waals surface area (Å²) < 4.78 is 1.11. The largest absolute Gasteiger partial charge is 0.363 e. The van der Waals surface area contributed by atoms with Gasteiger partial charge in [-0.25, -0.2) is 9.97 Å². The number of fused-ring (bicyclic) bond motifs is 1. The average molecular weight is 326 g/mol. The molecule has 3 rings (SSSR count). The number of hydrogen-bond donors (Lipinski definition) is 1. The van der Waals surface area contributed by atoms with Crippen LogP contribution in [0.4, 0.5) is 5.82 Å². The summed E-state index contributed by atoms with van der Waals surface area (Å²) in [7, 11) is 3.86. The molecule has 2 heterocycles. The molecule has 0 saturated heterocycles. The van der Waals surface area contributed by atoms with Crippen LogP contribution in [-0.2, 0) is 6.54 Å². The van der Waals surface area contributed by atoms with E-state index in [4.69, 9.17) is 0 Å². The van der Waals surface area contributed by atoms with E-state index in [2.05, 4.69) is 15.3 Å². The number of aryl methyl sites for hydroxylation is 1. The van der Waals surface area contributed by atoms with Crippen molar-refractivity contribution >= 4 is 33.1 Å². The summed E-state index contributed by atoms with van der Waals surface area (Å²) >= 11 is 1.49. The Morgan fingerprint density at radius 3 is 2.74 bits per heavy atom. The first kappa shape index (κ1) is 15.4. The second-order valence-electron chi connectivity index (χ2n) is 5.51. The number of amides is 1. The van der Waals surface area contributed by atoms with Crippen molar-refractivity contribution in [2.45, 2.75) is 13.5 Å². The highest BCUT2D eigenvalue weighted by atomic mass is 32.1. The van der Waals surface area contributed by atoms with Crippen molar-refractivity contribution in [3.63, 3.8) is 0 Å². The lowest BCUT2D eigenvalue weighted by atomic mass is 10.2. The molecule has 0 spiro atoms. The standard InChI is InChI=1S/C17H18N4OS/c1-11-8-16(21(2)3)20-15(19-11)10-18-17(22)14-9-12-6-4-5-7-13(12)23-14/h4-9H,10H2,1-3H3,(H,18,22). The zero-order valence-corrected chi connectivity index (χ0v) is 14.1. The van der Waals surface area contributed by atoms with Gasteiger partial charge in [0.05, 0.1) is 11.4 Å². The van der Waals surface area contributed by atoms with Crippen molar-refractivity contribution in [2.75, 3.05) is 19.0 Å². The van der Waals surface area contributed by atoms with Crippen LogP contribution in [0.3, 0.4) is 0 Å². The maximum Gasteiger partial charge on any atom is 0.261 e. The Bertz CT molecular complexity index is 824. The number of benzene rings is 1. The number of aromatic nitrogens is 2. The van der Waals surface area contributed by atoms with Gasteiger partial charge in [0.25, 0.3) is 5.91 Å². The summed E-state index contributed by atoms with van der Waals surface area (Å²) in [6, 6.07) is 11.8. The Balaban J connectivity index is 1.73. The van der Waals surface area contributed by atoms with Crippen LogP contribution < -0.4 is 10.2 Å². The van der Waals surface area contributed by atoms with Gasteiger partial charge in [0.2, 0.25) is 0 Å². The third-order valence-electron chi connectivity index (χ3n) is 3.40. The minimum atomic E-state index is -0.0947. The van der Waals surface area contributed by atoms with Gasteiger partial charge in [-0.05, 0) is 24.4 Å². The maximum atomic E-state index is 12.3. The lowest BCUT2D eigenvalue weighted by Gasteiger charge is -2.13. The molecule has 1 aromatic carbocycles. The number of nitrogens with one attached hydrogen (secondary N) is 1. The Morgan fingerprint density at radius 2 is 2.00 bits per heavy atom. The molecule has 0 bridgehead atoms. The molecule has 0 fully saturated rings. The first-order valence-corrected chi connectivity index (χ1v) is 8.13. The van der Waals surface area contributed by atoms with Crippen molar-refractivity contribution < 1.29 is 4.79 Å². The van der Waals surface area contributed by atoms with E-state index in [0.29, 0.717) is 17.2 Å². The quantitative estimate of drug-likeness (QED) is 0.801. The van der Waals surface area contributed by atoms with E-state index >= 15 is 0 Å². The van der Waals surface area contributed by atoms with Gasteiger partial charge in [-0.3, -0.25) is 4.79 Å². The van der Waals surface area contributed by atoms with Crippen LogP contribution in [0.25, 0.3) is 10.1 Å². The number of nitrogens with zero attached hydrogens (tertiary/aromatic N) is 3. The summed E-state index contributed by atoms with van der Waals surface area (Å²) in [6.45, 7) is 2.24. The van der Waals surface area contributed by atoms with Crippen molar-refractivity contribution in [2.24, 2.45) is 0 Å². The lowest BCUT2D eigenvalue weighted by Crippen LogP contribution is -2.24. The second-order valence-corrected chi connectivity index (χ2v) is 6.59. The van der Waals surface area contributed by atoms with E-state index in [-0.39, 0.29) is 5.91 Å². The molecule has 3 aromatic rings. The molecule has 0 saturated carbocycles. The van der Waals surface area contributed by atoms with Gasteiger partial charge in [-0.15, -0.1) is 11.3 Å². The number of thiophene rings is 1. The third kappa shape index (κ3) is 3.48. The number of hydrogen-bond acceptors (Lipinski definition) is 5. The fourth-order valence-corrected chi connectivity index (χ4v) is 3.24. The van der Waals surface area contributed by atoms with Crippen molar-refractivity contribution in [3.05, 3.63) is 52.8 Å². The Hall–Kier alpha value is -2.47. The van der Waals surface area contributed by atoms with Crippen LogP contribution in [-0.4, -0.2) is 30.0 Å². The monoisotopic (exact) mass is 326 g/mol. The smallest absolute Gasteiger partial charge is 0.261 e. The second kappa shape index (κ2) is 6.34. The van der Waals surface area contributed by atoms with Crippen molar-refractivity contribution in [1.82, 2.24) is 15.3 Å². The lowest BCUT2D eigenvalue weighted by molar-refractivity contribution is 0.0954. The average Bonchev–Trinajstić information content (AvgIpc) is 2.96. The van der Waals surface area contributed by atoms with Gasteiger partial charge in [0, 0.05) is 30.6 Å². The highest BCUT2D eigenvalue weighted by Gasteiger charge is 2.11. The first-order chi connectivity index (χ1) is 11.0. The molecule has 0 aliphatic rings. The van der Waals surface area contributed by atoms with Crippen molar-refractivity contribution in [3.8, 4) is 0 Å². The predicted octanol–water partition coefficient (Wildman–Crippen LogP) is 3.00. The van der Waals surface area contributed by atoms with Crippen LogP contribution >= 0.6 is 11.3 Å². The molecular formula is C17H18N4OS. The summed E-state index contributed by atoms with van der Waals surface area (Å²) in [6.07, 6.45) is 0. The Kier molecular flexibility index (Phi) is 4.25. The van der Waals surface area contributed by atoms with Crippen LogP contribution in [0.2, 0.25) is 0 Å². The van der Waals surface area contributed by atoms with Gasteiger partial charge in [-0.2, -0.15) is 0 Å². The predicted molar refractivity (Wildman–Crippen MR) is 94.1 cm³/mol. The van der Waals surface area contributed by atoms with Crippen LogP contribution in [0, 0.1) is 6.92 Å². The fourth-order valence-electron chi connectivity index (χ4n) is 2.26. The van der Waals surface area contributed by atoms with Gasteiger partial charge >= 0.3 is 0 Å². The fraction of sp³-hybridized carbons (Fsp3) is 0.235. The van der Waals surface area contributed by atoms with Gasteiger partial charge < -0.3 is 10.2 Å². The molecule has 5 nitrogen and oxygen atoms in total. The molecule has 0 radical (unpaired) electrons. The molecule has 23 heavy (non-hydrogen) atoms. The van der Waals surface area contributed by atoms with E-state index in [1.54, 1.807) is 0 Å². The zero-order valence-electron chi connectivity index (χ0n) is 13.3. The number of carbonyl (C=O) groups is 1. The van der Waals surface area contributed by atoms with Crippen molar-refractivity contribution in [1.29, 1.82) is 0 Å². The molecule has 0 unspecified atom stereocenters. The SMILES string of the molecule is Cc1cc(N(C)C)nc(CNC(=O)c2cc3ccccc3s2)n1. The van der Waals surface area contributed by atoms with Crippen LogP contribution in [0.1, 0.15) is 21.2 Å². The molecule has 1 N–H and O–H groups in total. The number of anilines is 1. The Labute approximate surface area is 139 Å². The molecule has 118 valence electrons. The topological polar surface area (TPSA) is 58.1 Å². The minimum Gasteiger partial charge on any atom is -0.363 e. The van der Waals surface area contributed by atoms with Crippen LogP contribution in [0.5, 0.6) is 0 Å². The number of carbonyl (C=O) groups excluding carboxylic acids is 1.